The SMILES string of the molecule is CS(=O)(=O)Nc1cnn(C(=O)N2CCC3(CCN(Cc4cc(Cl)ccc4C(F)(F)F)C3)CC2)c1. The fourth-order valence-corrected chi connectivity index (χ4v) is 5.52. The van der Waals surface area contributed by atoms with E-state index in [-0.39, 0.29) is 34.3 Å². The summed E-state index contributed by atoms with van der Waals surface area (Å²) in [5.74, 6) is 0. The highest BCUT2D eigenvalue weighted by Gasteiger charge is 2.42. The maximum absolute atomic E-state index is 13.4. The van der Waals surface area contributed by atoms with Crippen LogP contribution in [0.2, 0.25) is 5.02 Å². The molecule has 3 heterocycles. The summed E-state index contributed by atoms with van der Waals surface area (Å²) in [6, 6.07) is 3.32. The van der Waals surface area contributed by atoms with Gasteiger partial charge in [-0.15, -0.1) is 0 Å². The fourth-order valence-electron chi connectivity index (χ4n) is 4.79. The molecule has 34 heavy (non-hydrogen) atoms. The molecule has 0 bridgehead atoms. The maximum Gasteiger partial charge on any atom is 0.416 e. The molecule has 4 rings (SSSR count). The molecule has 2 fully saturated rings. The molecule has 8 nitrogen and oxygen atoms in total. The van der Waals surface area contributed by atoms with E-state index in [9.17, 15) is 26.4 Å². The van der Waals surface area contributed by atoms with E-state index in [0.29, 0.717) is 26.2 Å². The zero-order valence-electron chi connectivity index (χ0n) is 18.5. The molecular weight excluding hydrogens is 495 g/mol. The first-order chi connectivity index (χ1) is 15.8. The molecule has 0 radical (unpaired) electrons. The van der Waals surface area contributed by atoms with E-state index in [0.717, 1.165) is 36.3 Å². The normalized spacial score (nSPS) is 19.0. The Morgan fingerprint density at radius 3 is 2.53 bits per heavy atom. The Labute approximate surface area is 200 Å². The lowest BCUT2D eigenvalue weighted by atomic mass is 9.78. The van der Waals surface area contributed by atoms with E-state index in [1.807, 2.05) is 4.90 Å². The van der Waals surface area contributed by atoms with Gasteiger partial charge in [-0.05, 0) is 55.0 Å². The van der Waals surface area contributed by atoms with Gasteiger partial charge in [-0.2, -0.15) is 23.0 Å². The van der Waals surface area contributed by atoms with Crippen molar-refractivity contribution >= 4 is 33.3 Å². The van der Waals surface area contributed by atoms with Gasteiger partial charge in [0.2, 0.25) is 10.0 Å². The molecular formula is C21H25ClF3N5O3S. The minimum Gasteiger partial charge on any atom is -0.323 e. The summed E-state index contributed by atoms with van der Waals surface area (Å²) in [6.07, 6.45) is 1.47. The number of rotatable bonds is 4. The van der Waals surface area contributed by atoms with Gasteiger partial charge in [0.1, 0.15) is 0 Å². The molecule has 1 aromatic heterocycles. The third-order valence-corrected chi connectivity index (χ3v) is 7.30. The van der Waals surface area contributed by atoms with Gasteiger partial charge in [-0.25, -0.2) is 13.2 Å². The molecule has 2 aliphatic rings. The van der Waals surface area contributed by atoms with E-state index in [2.05, 4.69) is 9.82 Å². The monoisotopic (exact) mass is 519 g/mol. The highest BCUT2D eigenvalue weighted by atomic mass is 35.5. The lowest BCUT2D eigenvalue weighted by Gasteiger charge is -2.39. The molecule has 0 atom stereocenters. The molecule has 2 aromatic rings. The molecule has 0 unspecified atom stereocenters. The molecule has 0 saturated carbocycles. The second-order valence-corrected chi connectivity index (χ2v) is 11.3. The average Bonchev–Trinajstić information content (AvgIpc) is 3.33. The highest BCUT2D eigenvalue weighted by molar-refractivity contribution is 7.92. The summed E-state index contributed by atoms with van der Waals surface area (Å²) in [7, 11) is -3.47. The summed E-state index contributed by atoms with van der Waals surface area (Å²) in [5.41, 5.74) is -0.347. The first-order valence-corrected chi connectivity index (χ1v) is 13.0. The lowest BCUT2D eigenvalue weighted by molar-refractivity contribution is -0.138. The number of carbonyl (C=O) groups is 1. The number of nitrogens with one attached hydrogen (secondary N) is 1. The second kappa shape index (κ2) is 9.04. The van der Waals surface area contributed by atoms with E-state index in [1.54, 1.807) is 4.90 Å². The van der Waals surface area contributed by atoms with Crippen LogP contribution in [-0.4, -0.2) is 66.5 Å². The minimum atomic E-state index is -4.44. The molecule has 13 heteroatoms. The molecule has 1 N–H and O–H groups in total. The number of halogens is 4. The summed E-state index contributed by atoms with van der Waals surface area (Å²) in [5, 5.41) is 4.22. The van der Waals surface area contributed by atoms with Crippen molar-refractivity contribution in [1.29, 1.82) is 0 Å². The van der Waals surface area contributed by atoms with Crippen LogP contribution in [0.1, 0.15) is 30.4 Å². The zero-order valence-corrected chi connectivity index (χ0v) is 20.0. The van der Waals surface area contributed by atoms with Crippen molar-refractivity contribution in [3.05, 3.63) is 46.7 Å². The van der Waals surface area contributed by atoms with Crippen LogP contribution in [0.15, 0.2) is 30.6 Å². The number of sulfonamides is 1. The average molecular weight is 520 g/mol. The van der Waals surface area contributed by atoms with Gasteiger partial charge in [0.25, 0.3) is 0 Å². The van der Waals surface area contributed by atoms with Crippen molar-refractivity contribution in [3.63, 3.8) is 0 Å². The van der Waals surface area contributed by atoms with Gasteiger partial charge in [0.05, 0.1) is 29.9 Å². The Balaban J connectivity index is 1.36. The van der Waals surface area contributed by atoms with E-state index in [4.69, 9.17) is 11.6 Å². The van der Waals surface area contributed by atoms with Crippen LogP contribution in [0, 0.1) is 5.41 Å². The van der Waals surface area contributed by atoms with Gasteiger partial charge < -0.3 is 4.90 Å². The van der Waals surface area contributed by atoms with Crippen LogP contribution in [0.25, 0.3) is 0 Å². The van der Waals surface area contributed by atoms with Crippen molar-refractivity contribution in [2.75, 3.05) is 37.2 Å². The fraction of sp³-hybridized carbons (Fsp3) is 0.524. The molecule has 1 amide bonds. The lowest BCUT2D eigenvalue weighted by Crippen LogP contribution is -2.45. The Bertz CT molecular complexity index is 1180. The van der Waals surface area contributed by atoms with Gasteiger partial charge in [0, 0.05) is 31.2 Å². The Kier molecular flexibility index (Phi) is 6.60. The molecule has 2 saturated heterocycles. The van der Waals surface area contributed by atoms with Crippen molar-refractivity contribution in [1.82, 2.24) is 19.6 Å². The van der Waals surface area contributed by atoms with Crippen molar-refractivity contribution < 1.29 is 26.4 Å². The van der Waals surface area contributed by atoms with Crippen molar-refractivity contribution in [2.24, 2.45) is 5.41 Å². The largest absolute Gasteiger partial charge is 0.416 e. The predicted octanol–water partition coefficient (Wildman–Crippen LogP) is 3.88. The number of hydrogen-bond acceptors (Lipinski definition) is 5. The number of benzene rings is 1. The zero-order chi connectivity index (χ0) is 24.7. The Morgan fingerprint density at radius 2 is 1.88 bits per heavy atom. The van der Waals surface area contributed by atoms with Gasteiger partial charge in [0.15, 0.2) is 0 Å². The molecule has 1 aromatic carbocycles. The number of nitrogens with zero attached hydrogens (tertiary/aromatic N) is 4. The van der Waals surface area contributed by atoms with Gasteiger partial charge >= 0.3 is 12.2 Å². The summed E-state index contributed by atoms with van der Waals surface area (Å²) in [6.45, 7) is 2.49. The van der Waals surface area contributed by atoms with Crippen molar-refractivity contribution in [2.45, 2.75) is 32.0 Å². The van der Waals surface area contributed by atoms with Crippen molar-refractivity contribution in [3.8, 4) is 0 Å². The number of piperidine rings is 1. The third-order valence-electron chi connectivity index (χ3n) is 6.46. The number of aromatic nitrogens is 2. The maximum atomic E-state index is 13.4. The number of likely N-dealkylation sites (tertiary alicyclic amines) is 2. The molecule has 1 spiro atoms. The predicted molar refractivity (Wildman–Crippen MR) is 121 cm³/mol. The Hall–Kier alpha value is -2.31. The smallest absolute Gasteiger partial charge is 0.323 e. The number of hydrogen-bond donors (Lipinski definition) is 1. The summed E-state index contributed by atoms with van der Waals surface area (Å²) >= 11 is 5.96. The van der Waals surface area contributed by atoms with Crippen LogP contribution in [0.3, 0.4) is 0 Å². The summed E-state index contributed by atoms with van der Waals surface area (Å²) in [4.78, 5) is 16.5. The van der Waals surface area contributed by atoms with Crippen LogP contribution in [-0.2, 0) is 22.7 Å². The molecule has 0 aliphatic carbocycles. The van der Waals surface area contributed by atoms with E-state index >= 15 is 0 Å². The van der Waals surface area contributed by atoms with Crippen LogP contribution >= 0.6 is 11.6 Å². The first-order valence-electron chi connectivity index (χ1n) is 10.7. The molecule has 186 valence electrons. The number of amides is 1. The van der Waals surface area contributed by atoms with Gasteiger partial charge in [-0.3, -0.25) is 9.62 Å². The van der Waals surface area contributed by atoms with Gasteiger partial charge in [-0.1, -0.05) is 11.6 Å². The quantitative estimate of drug-likeness (QED) is 0.662. The highest BCUT2D eigenvalue weighted by Crippen LogP contribution is 2.42. The molecule has 2 aliphatic heterocycles. The number of carbonyl (C=O) groups excluding carboxylic acids is 1. The number of alkyl halides is 3. The van der Waals surface area contributed by atoms with Crippen LogP contribution in [0.4, 0.5) is 23.7 Å². The topological polar surface area (TPSA) is 87.5 Å². The minimum absolute atomic E-state index is 0.0547. The third kappa shape index (κ3) is 5.66. The van der Waals surface area contributed by atoms with E-state index in [1.165, 1.54) is 24.5 Å². The van der Waals surface area contributed by atoms with Crippen LogP contribution in [0.5, 0.6) is 0 Å². The first kappa shape index (κ1) is 24.8. The summed E-state index contributed by atoms with van der Waals surface area (Å²) < 4.78 is 66.3. The number of anilines is 1. The second-order valence-electron chi connectivity index (χ2n) is 9.08. The standard InChI is InChI=1S/C21H25ClF3N5O3S/c1-34(32,33)27-17-11-26-30(13-17)19(31)29-8-5-20(6-9-29)4-7-28(14-20)12-15-10-16(22)2-3-18(15)21(23,24)25/h2-3,10-11,13,27H,4-9,12,14H2,1H3. The Morgan fingerprint density at radius 1 is 1.21 bits per heavy atom. The van der Waals surface area contributed by atoms with E-state index < -0.39 is 21.8 Å². The van der Waals surface area contributed by atoms with Crippen LogP contribution < -0.4 is 4.72 Å².